The molecule has 6 heteroatoms. The molecule has 0 bridgehead atoms. The lowest BCUT2D eigenvalue weighted by Gasteiger charge is -2.27. The molecule has 1 N–H and O–H groups in total. The highest BCUT2D eigenvalue weighted by Crippen LogP contribution is 1.97. The number of carbonyl (C=O) groups is 1. The topological polar surface area (TPSA) is 58.6 Å². The molecule has 1 aliphatic heterocycles. The molecule has 2 atom stereocenters. The fraction of sp³-hybridized carbons (Fsp3) is 0.900. The Hall–Kier alpha value is -0.460. The SMILES string of the molecule is CC(CNCC(=O)N1CCOCC1)S(C)=O. The van der Waals surface area contributed by atoms with Gasteiger partial charge in [0, 0.05) is 41.9 Å². The zero-order valence-corrected chi connectivity index (χ0v) is 10.7. The van der Waals surface area contributed by atoms with Crippen molar-refractivity contribution in [3.63, 3.8) is 0 Å². The molecule has 2 unspecified atom stereocenters. The van der Waals surface area contributed by atoms with Crippen LogP contribution in [0.3, 0.4) is 0 Å². The van der Waals surface area contributed by atoms with E-state index < -0.39 is 10.8 Å². The minimum Gasteiger partial charge on any atom is -0.378 e. The quantitative estimate of drug-likeness (QED) is 0.692. The van der Waals surface area contributed by atoms with Gasteiger partial charge in [0.25, 0.3) is 0 Å². The fourth-order valence-electron chi connectivity index (χ4n) is 1.42. The lowest BCUT2D eigenvalue weighted by Crippen LogP contribution is -2.45. The number of morpholine rings is 1. The monoisotopic (exact) mass is 248 g/mol. The number of rotatable bonds is 5. The first-order valence-corrected chi connectivity index (χ1v) is 7.12. The first kappa shape index (κ1) is 13.6. The smallest absolute Gasteiger partial charge is 0.236 e. The maximum Gasteiger partial charge on any atom is 0.236 e. The van der Waals surface area contributed by atoms with Crippen molar-refractivity contribution in [1.82, 2.24) is 10.2 Å². The van der Waals surface area contributed by atoms with E-state index in [1.807, 2.05) is 6.92 Å². The van der Waals surface area contributed by atoms with Crippen LogP contribution in [0.5, 0.6) is 0 Å². The summed E-state index contributed by atoms with van der Waals surface area (Å²) in [6, 6.07) is 0. The van der Waals surface area contributed by atoms with Crippen LogP contribution in [0.1, 0.15) is 6.92 Å². The first-order valence-electron chi connectivity index (χ1n) is 5.49. The van der Waals surface area contributed by atoms with E-state index in [9.17, 15) is 9.00 Å². The third kappa shape index (κ3) is 4.59. The van der Waals surface area contributed by atoms with Gasteiger partial charge in [-0.2, -0.15) is 0 Å². The van der Waals surface area contributed by atoms with Gasteiger partial charge < -0.3 is 15.0 Å². The lowest BCUT2D eigenvalue weighted by atomic mass is 10.4. The molecule has 0 aliphatic carbocycles. The van der Waals surface area contributed by atoms with Crippen LogP contribution in [0.4, 0.5) is 0 Å². The van der Waals surface area contributed by atoms with E-state index in [1.54, 1.807) is 11.2 Å². The van der Waals surface area contributed by atoms with Gasteiger partial charge in [-0.05, 0) is 6.92 Å². The minimum atomic E-state index is -0.837. The van der Waals surface area contributed by atoms with Crippen LogP contribution in [-0.2, 0) is 20.3 Å². The van der Waals surface area contributed by atoms with Gasteiger partial charge in [0.2, 0.25) is 5.91 Å². The Morgan fingerprint density at radius 3 is 2.69 bits per heavy atom. The summed E-state index contributed by atoms with van der Waals surface area (Å²) in [6.07, 6.45) is 1.68. The van der Waals surface area contributed by atoms with Crippen LogP contribution in [0.25, 0.3) is 0 Å². The van der Waals surface area contributed by atoms with Gasteiger partial charge in [0.1, 0.15) is 0 Å². The predicted molar refractivity (Wildman–Crippen MR) is 63.8 cm³/mol. The molecule has 0 aromatic heterocycles. The van der Waals surface area contributed by atoms with Gasteiger partial charge in [0.15, 0.2) is 0 Å². The fourth-order valence-corrected chi connectivity index (χ4v) is 1.78. The Morgan fingerprint density at radius 2 is 2.12 bits per heavy atom. The highest BCUT2D eigenvalue weighted by atomic mass is 32.2. The van der Waals surface area contributed by atoms with Crippen molar-refractivity contribution in [1.29, 1.82) is 0 Å². The molecule has 0 aromatic rings. The molecule has 0 spiro atoms. The van der Waals surface area contributed by atoms with Crippen LogP contribution >= 0.6 is 0 Å². The van der Waals surface area contributed by atoms with E-state index in [0.717, 1.165) is 0 Å². The number of nitrogens with one attached hydrogen (secondary N) is 1. The second-order valence-electron chi connectivity index (χ2n) is 3.93. The number of hydrogen-bond donors (Lipinski definition) is 1. The standard InChI is InChI=1S/C10H20N2O3S/c1-9(16(2)14)7-11-8-10(13)12-3-5-15-6-4-12/h9,11H,3-8H2,1-2H3. The summed E-state index contributed by atoms with van der Waals surface area (Å²) in [7, 11) is -0.837. The minimum absolute atomic E-state index is 0.0810. The van der Waals surface area contributed by atoms with E-state index in [4.69, 9.17) is 4.74 Å². The molecule has 94 valence electrons. The molecule has 0 radical (unpaired) electrons. The summed E-state index contributed by atoms with van der Waals surface area (Å²) in [5.41, 5.74) is 0. The molecule has 1 aliphatic rings. The van der Waals surface area contributed by atoms with Gasteiger partial charge in [-0.3, -0.25) is 9.00 Å². The maximum absolute atomic E-state index is 11.7. The van der Waals surface area contributed by atoms with E-state index >= 15 is 0 Å². The van der Waals surface area contributed by atoms with Crippen molar-refractivity contribution >= 4 is 16.7 Å². The Kier molecular flexibility index (Phi) is 5.94. The Bertz CT molecular complexity index is 254. The first-order chi connectivity index (χ1) is 7.61. The normalized spacial score (nSPS) is 20.5. The summed E-state index contributed by atoms with van der Waals surface area (Å²) in [5, 5.41) is 3.12. The van der Waals surface area contributed by atoms with Gasteiger partial charge in [-0.15, -0.1) is 0 Å². The second kappa shape index (κ2) is 6.98. The average molecular weight is 248 g/mol. The van der Waals surface area contributed by atoms with Crippen LogP contribution in [0.2, 0.25) is 0 Å². The maximum atomic E-state index is 11.7. The molecule has 5 nitrogen and oxygen atoms in total. The Labute approximate surface area is 99.0 Å². The van der Waals surface area contributed by atoms with Crippen molar-refractivity contribution in [2.24, 2.45) is 0 Å². The van der Waals surface area contributed by atoms with E-state index in [2.05, 4.69) is 5.32 Å². The van der Waals surface area contributed by atoms with Gasteiger partial charge >= 0.3 is 0 Å². The van der Waals surface area contributed by atoms with E-state index in [-0.39, 0.29) is 11.2 Å². The number of nitrogens with zero attached hydrogens (tertiary/aromatic N) is 1. The number of hydrogen-bond acceptors (Lipinski definition) is 4. The second-order valence-corrected chi connectivity index (χ2v) is 5.74. The highest BCUT2D eigenvalue weighted by molar-refractivity contribution is 7.84. The third-order valence-electron chi connectivity index (χ3n) is 2.64. The largest absolute Gasteiger partial charge is 0.378 e. The molecule has 1 rings (SSSR count). The van der Waals surface area contributed by atoms with Crippen LogP contribution in [0, 0.1) is 0 Å². The van der Waals surface area contributed by atoms with Crippen LogP contribution in [0.15, 0.2) is 0 Å². The Morgan fingerprint density at radius 1 is 1.50 bits per heavy atom. The molecule has 1 fully saturated rings. The third-order valence-corrected chi connectivity index (χ3v) is 3.94. The molecule has 1 amide bonds. The van der Waals surface area contributed by atoms with Crippen LogP contribution < -0.4 is 5.32 Å². The molecule has 0 aromatic carbocycles. The Balaban J connectivity index is 2.16. The molecular weight excluding hydrogens is 228 g/mol. The number of amides is 1. The molecule has 1 saturated heterocycles. The molecule has 1 heterocycles. The van der Waals surface area contributed by atoms with Crippen molar-refractivity contribution in [3.8, 4) is 0 Å². The zero-order chi connectivity index (χ0) is 12.0. The summed E-state index contributed by atoms with van der Waals surface area (Å²) in [6.45, 7) is 5.44. The van der Waals surface area contributed by atoms with E-state index in [1.165, 1.54) is 0 Å². The average Bonchev–Trinajstić information content (AvgIpc) is 2.29. The molecular formula is C10H20N2O3S. The van der Waals surface area contributed by atoms with Crippen LogP contribution in [-0.4, -0.2) is 65.9 Å². The predicted octanol–water partition coefficient (Wildman–Crippen LogP) is -0.798. The van der Waals surface area contributed by atoms with Gasteiger partial charge in [-0.25, -0.2) is 0 Å². The summed E-state index contributed by atoms with van der Waals surface area (Å²) >= 11 is 0. The highest BCUT2D eigenvalue weighted by Gasteiger charge is 2.16. The van der Waals surface area contributed by atoms with Crippen molar-refractivity contribution in [3.05, 3.63) is 0 Å². The summed E-state index contributed by atoms with van der Waals surface area (Å²) in [4.78, 5) is 13.5. The van der Waals surface area contributed by atoms with Crippen molar-refractivity contribution < 1.29 is 13.7 Å². The molecule has 0 saturated carbocycles. The van der Waals surface area contributed by atoms with Crippen molar-refractivity contribution in [2.45, 2.75) is 12.2 Å². The number of carbonyl (C=O) groups excluding carboxylic acids is 1. The summed E-state index contributed by atoms with van der Waals surface area (Å²) in [5.74, 6) is 0.0948. The lowest BCUT2D eigenvalue weighted by molar-refractivity contribution is -0.134. The van der Waals surface area contributed by atoms with Crippen molar-refractivity contribution in [2.75, 3.05) is 45.6 Å². The molecule has 16 heavy (non-hydrogen) atoms. The van der Waals surface area contributed by atoms with Gasteiger partial charge in [0.05, 0.1) is 19.8 Å². The zero-order valence-electron chi connectivity index (χ0n) is 9.90. The van der Waals surface area contributed by atoms with E-state index in [0.29, 0.717) is 39.4 Å². The number of ether oxygens (including phenoxy) is 1. The summed E-state index contributed by atoms with van der Waals surface area (Å²) < 4.78 is 16.2. The van der Waals surface area contributed by atoms with Gasteiger partial charge in [-0.1, -0.05) is 0 Å².